The Morgan fingerprint density at radius 1 is 2.33 bits per heavy atom. The van der Waals surface area contributed by atoms with Crippen LogP contribution in [0.1, 0.15) is 7.77 Å². The maximum Gasteiger partial charge on any atom is 0.117 e. The second-order valence-electron chi connectivity index (χ2n) is 0.963. The third kappa shape index (κ3) is 0.684. The van der Waals surface area contributed by atoms with Crippen LogP contribution in [0.5, 0.6) is 0 Å². The fraction of sp³-hybridized carbons (Fsp3) is 0.500. The monoisotopic (exact) mass is 101 g/mol. The molecule has 0 N–H and O–H groups in total. The first-order valence-electron chi connectivity index (χ1n) is 2.21. The van der Waals surface area contributed by atoms with Crippen molar-refractivity contribution in [1.82, 2.24) is 0 Å². The molecule has 0 aromatic carbocycles. The smallest absolute Gasteiger partial charge is 0.117 e. The van der Waals surface area contributed by atoms with Gasteiger partial charge in [-0.2, -0.15) is 0 Å². The summed E-state index contributed by atoms with van der Waals surface area (Å²) in [6.45, 7) is 0. The van der Waals surface area contributed by atoms with Gasteiger partial charge >= 0.3 is 0 Å². The first-order valence-corrected chi connectivity index (χ1v) is 2.10. The van der Waals surface area contributed by atoms with E-state index >= 15 is 0 Å². The van der Waals surface area contributed by atoms with E-state index in [-0.39, 0.29) is 6.40 Å². The summed E-state index contributed by atoms with van der Waals surface area (Å²) in [7, 11) is 0. The van der Waals surface area contributed by atoms with Gasteiger partial charge < -0.3 is 11.0 Å². The number of hydrogen-bond donors (Lipinski definition) is 0. The molecule has 0 amide bonds. The van der Waals surface area contributed by atoms with Crippen molar-refractivity contribution < 1.29 is 6.11 Å². The van der Waals surface area contributed by atoms with E-state index in [1.807, 2.05) is 0 Å². The van der Waals surface area contributed by atoms with Crippen LogP contribution in [0.3, 0.4) is 0 Å². The zero-order valence-corrected chi connectivity index (χ0v) is 3.87. The van der Waals surface area contributed by atoms with E-state index in [9.17, 15) is 0 Å². The molecule has 2 heteroatoms. The Labute approximate surface area is 43.8 Å². The average Bonchev–Trinajstić information content (AvgIpc) is 1.91. The van der Waals surface area contributed by atoms with Crippen molar-refractivity contribution in [3.05, 3.63) is 12.3 Å². The van der Waals surface area contributed by atoms with Gasteiger partial charge in [-0.1, -0.05) is 0 Å². The fourth-order valence-corrected chi connectivity index (χ4v) is 0.398. The molecule has 0 saturated heterocycles. The first kappa shape index (κ1) is 2.97. The summed E-state index contributed by atoms with van der Waals surface area (Å²) < 4.78 is 11.6. The van der Waals surface area contributed by atoms with Crippen molar-refractivity contribution in [3.63, 3.8) is 0 Å². The number of ether oxygens (including phenoxy) is 1. The molecule has 0 aliphatic carbocycles. The van der Waals surface area contributed by atoms with Crippen LogP contribution in [-0.4, -0.2) is 5.44 Å². The molecule has 0 aromatic heterocycles. The van der Waals surface area contributed by atoms with Gasteiger partial charge in [0, 0.05) is 1.37 Å². The Hall–Kier alpha value is -0.110. The molecule has 2 atom stereocenters. The number of rotatable bonds is 0. The van der Waals surface area contributed by atoms with E-state index in [0.717, 1.165) is 0 Å². The molecule has 0 fully saturated rings. The minimum absolute atomic E-state index is 0.380. The molecule has 1 nitrogen and oxygen atoms in total. The summed E-state index contributed by atoms with van der Waals surface area (Å²) in [5, 5.41) is 0. The van der Waals surface area contributed by atoms with Crippen LogP contribution in [0, 0.1) is 6.26 Å². The van der Waals surface area contributed by atoms with E-state index in [4.69, 9.17) is 1.37 Å². The Morgan fingerprint density at radius 2 is 3.17 bits per heavy atom. The largest absolute Gasteiger partial charge is 0.683 e. The van der Waals surface area contributed by atoms with E-state index < -0.39 is 5.44 Å². The topological polar surface area (TPSA) is 9.23 Å². The summed E-state index contributed by atoms with van der Waals surface area (Å²) in [5.41, 5.74) is -0.403. The van der Waals surface area contributed by atoms with Crippen molar-refractivity contribution in [2.75, 3.05) is 0 Å². The molecule has 2 unspecified atom stereocenters. The molecule has 0 saturated carbocycles. The van der Waals surface area contributed by atoms with Gasteiger partial charge in [0.05, 0.1) is 0 Å². The summed E-state index contributed by atoms with van der Waals surface area (Å²) in [6, 6.07) is 0. The second-order valence-corrected chi connectivity index (χ2v) is 1.43. The molecule has 0 spiro atoms. The Bertz CT molecular complexity index is 93.7. The van der Waals surface area contributed by atoms with E-state index in [1.54, 1.807) is 0 Å². The highest BCUT2D eigenvalue weighted by Crippen LogP contribution is 2.09. The highest BCUT2D eigenvalue weighted by Gasteiger charge is 1.93. The van der Waals surface area contributed by atoms with E-state index in [0.29, 0.717) is 0 Å². The van der Waals surface area contributed by atoms with Crippen LogP contribution in [0.2, 0.25) is 0 Å². The summed E-state index contributed by atoms with van der Waals surface area (Å²) >= 11 is 4.62. The maximum atomic E-state index is 6.99. The summed E-state index contributed by atoms with van der Waals surface area (Å²) in [5.74, 6) is 0. The molecule has 0 bridgehead atoms. The summed E-state index contributed by atoms with van der Waals surface area (Å²) in [6.07, 6.45) is 3.54. The average molecular weight is 101 g/mol. The molecule has 1 aliphatic rings. The van der Waals surface area contributed by atoms with Crippen molar-refractivity contribution in [1.29, 1.82) is 0 Å². The first-order chi connectivity index (χ1) is 3.30. The van der Waals surface area contributed by atoms with Crippen molar-refractivity contribution in [3.8, 4) is 0 Å². The highest BCUT2D eigenvalue weighted by atomic mass is 32.1. The van der Waals surface area contributed by atoms with Crippen molar-refractivity contribution >= 4 is 12.6 Å². The molecule has 1 aliphatic heterocycles. The third-order valence-electron chi connectivity index (χ3n) is 0.506. The molecule has 1 rings (SSSR count). The van der Waals surface area contributed by atoms with Gasteiger partial charge in [-0.05, 0) is 19.0 Å². The lowest BCUT2D eigenvalue weighted by atomic mass is 10.5. The van der Waals surface area contributed by atoms with Gasteiger partial charge in [0.2, 0.25) is 0 Å². The normalized spacial score (nSPS) is 45.2. The second kappa shape index (κ2) is 1.56. The minimum Gasteiger partial charge on any atom is -0.683 e. The van der Waals surface area contributed by atoms with Crippen LogP contribution >= 0.6 is 12.6 Å². The third-order valence-corrected chi connectivity index (χ3v) is 0.759. The number of hydrogen-bond acceptors (Lipinski definition) is 1. The highest BCUT2D eigenvalue weighted by molar-refractivity contribution is 7.80. The van der Waals surface area contributed by atoms with Gasteiger partial charge in [0.1, 0.15) is 5.44 Å². The van der Waals surface area contributed by atoms with Crippen LogP contribution in [0.25, 0.3) is 0 Å². The van der Waals surface area contributed by atoms with Crippen LogP contribution < -0.4 is 0 Å². The van der Waals surface area contributed by atoms with Gasteiger partial charge in [0.15, 0.2) is 0 Å². The van der Waals surface area contributed by atoms with Crippen LogP contribution in [0.15, 0.2) is 6.08 Å². The molecular formula is C4H4OS-. The van der Waals surface area contributed by atoms with Gasteiger partial charge in [-0.15, -0.1) is 0 Å². The Balaban J connectivity index is 2.45. The van der Waals surface area contributed by atoms with E-state index in [1.165, 1.54) is 6.08 Å². The molecule has 1 heterocycles. The van der Waals surface area contributed by atoms with Crippen molar-refractivity contribution in [2.24, 2.45) is 0 Å². The molecule has 6 heavy (non-hydrogen) atoms. The molecule has 0 aromatic rings. The Kier molecular flexibility index (Phi) is 0.771. The van der Waals surface area contributed by atoms with Gasteiger partial charge in [-0.25, -0.2) is 6.08 Å². The predicted octanol–water partition coefficient (Wildman–Crippen LogP) is 1.25. The lowest BCUT2D eigenvalue weighted by molar-refractivity contribution is 0.233. The van der Waals surface area contributed by atoms with Crippen molar-refractivity contribution in [2.45, 2.75) is 11.8 Å². The van der Waals surface area contributed by atoms with Gasteiger partial charge in [-0.3, -0.25) is 0 Å². The fourth-order valence-electron chi connectivity index (χ4n) is 0.263. The zero-order valence-electron chi connectivity index (χ0n) is 4.05. The summed E-state index contributed by atoms with van der Waals surface area (Å²) in [4.78, 5) is 0. The molecular weight excluding hydrogens is 96.1 g/mol. The standard InChI is InChI=1S/C4H4OS/c6-4-2-1-3-5-4/h1,4H,2H2/q-1/i2D. The lowest BCUT2D eigenvalue weighted by Gasteiger charge is -2.07. The lowest BCUT2D eigenvalue weighted by Crippen LogP contribution is -1.89. The Morgan fingerprint density at radius 3 is 3.33 bits per heavy atom. The van der Waals surface area contributed by atoms with E-state index in [2.05, 4.69) is 23.6 Å². The minimum atomic E-state index is -0.403. The van der Waals surface area contributed by atoms with Crippen LogP contribution in [0.4, 0.5) is 0 Å². The predicted molar refractivity (Wildman–Crippen MR) is 24.9 cm³/mol. The molecule has 1 radical (unpaired) electrons. The maximum absolute atomic E-state index is 6.99. The SMILES string of the molecule is [2H]C1C=[C-]OC1[S]. The molecule has 33 valence electrons. The quantitative estimate of drug-likeness (QED) is 0.417. The zero-order chi connectivity index (χ0) is 5.28. The van der Waals surface area contributed by atoms with Crippen LogP contribution in [-0.2, 0) is 4.74 Å². The van der Waals surface area contributed by atoms with Gasteiger partial charge in [0.25, 0.3) is 0 Å².